The molecule has 0 bridgehead atoms. The van der Waals surface area contributed by atoms with Gasteiger partial charge in [0.1, 0.15) is 5.75 Å². The van der Waals surface area contributed by atoms with Gasteiger partial charge >= 0.3 is 0 Å². The smallest absolute Gasteiger partial charge is 0.252 e. The Morgan fingerprint density at radius 1 is 1.15 bits per heavy atom. The highest BCUT2D eigenvalue weighted by Gasteiger charge is 2.25. The number of ether oxygens (including phenoxy) is 2. The van der Waals surface area contributed by atoms with Gasteiger partial charge in [-0.1, -0.05) is 26.0 Å². The Bertz CT molecular complexity index is 1120. The number of pyridine rings is 1. The molecule has 3 heterocycles. The molecule has 8 nitrogen and oxygen atoms in total. The summed E-state index contributed by atoms with van der Waals surface area (Å²) in [6, 6.07) is 10.2. The van der Waals surface area contributed by atoms with Crippen LogP contribution in [0, 0.1) is 0 Å². The van der Waals surface area contributed by atoms with Crippen LogP contribution in [0.2, 0.25) is 0 Å². The van der Waals surface area contributed by atoms with Crippen molar-refractivity contribution < 1.29 is 14.3 Å². The van der Waals surface area contributed by atoms with Gasteiger partial charge in [-0.2, -0.15) is 5.10 Å². The first-order valence-corrected chi connectivity index (χ1v) is 12.0. The van der Waals surface area contributed by atoms with Crippen molar-refractivity contribution in [2.24, 2.45) is 0 Å². The number of nitrogens with one attached hydrogen (secondary N) is 1. The van der Waals surface area contributed by atoms with E-state index in [4.69, 9.17) is 14.5 Å². The molecular weight excluding hydrogens is 430 g/mol. The number of morpholine rings is 1. The summed E-state index contributed by atoms with van der Waals surface area (Å²) >= 11 is 0. The predicted octanol–water partition coefficient (Wildman–Crippen LogP) is 3.95. The molecule has 182 valence electrons. The summed E-state index contributed by atoms with van der Waals surface area (Å²) in [6.07, 6.45) is 1.75. The molecule has 1 fully saturated rings. The SMILES string of the molecule is COc1ccc(C(CNC(=O)c2cc(C(C)C)nc3c2cnn3C(C)C)N2CCOCC2)cc1. The number of benzene rings is 1. The molecule has 1 atom stereocenters. The Labute approximate surface area is 201 Å². The molecule has 1 amide bonds. The van der Waals surface area contributed by atoms with Gasteiger partial charge in [-0.15, -0.1) is 0 Å². The van der Waals surface area contributed by atoms with Crippen molar-refractivity contribution in [1.29, 1.82) is 0 Å². The number of hydrogen-bond donors (Lipinski definition) is 1. The third-order valence-electron chi connectivity index (χ3n) is 6.35. The van der Waals surface area contributed by atoms with Gasteiger partial charge in [-0.05, 0) is 43.5 Å². The highest BCUT2D eigenvalue weighted by Crippen LogP contribution is 2.26. The molecule has 1 aromatic carbocycles. The molecular formula is C26H35N5O3. The predicted molar refractivity (Wildman–Crippen MR) is 132 cm³/mol. The quantitative estimate of drug-likeness (QED) is 0.543. The standard InChI is InChI=1S/C26H35N5O3/c1-17(2)23-14-21(22-15-28-31(18(3)4)25(22)29-23)26(32)27-16-24(30-10-12-34-13-11-30)19-6-8-20(33-5)9-7-19/h6-9,14-15,17-18,24H,10-13,16H2,1-5H3,(H,27,32). The lowest BCUT2D eigenvalue weighted by Crippen LogP contribution is -2.43. The maximum Gasteiger partial charge on any atom is 0.252 e. The number of methoxy groups -OCH3 is 1. The van der Waals surface area contributed by atoms with Crippen LogP contribution in [-0.2, 0) is 4.74 Å². The fourth-order valence-electron chi connectivity index (χ4n) is 4.36. The molecule has 0 radical (unpaired) electrons. The van der Waals surface area contributed by atoms with E-state index in [1.807, 2.05) is 22.9 Å². The second-order valence-corrected chi connectivity index (χ2v) is 9.32. The van der Waals surface area contributed by atoms with Crippen molar-refractivity contribution in [2.75, 3.05) is 40.0 Å². The van der Waals surface area contributed by atoms with Gasteiger partial charge in [-0.25, -0.2) is 9.67 Å². The lowest BCUT2D eigenvalue weighted by Gasteiger charge is -2.35. The summed E-state index contributed by atoms with van der Waals surface area (Å²) in [4.78, 5) is 20.7. The molecule has 8 heteroatoms. The van der Waals surface area contributed by atoms with Crippen LogP contribution in [-0.4, -0.2) is 65.5 Å². The van der Waals surface area contributed by atoms with Crippen molar-refractivity contribution in [3.8, 4) is 5.75 Å². The van der Waals surface area contributed by atoms with Gasteiger partial charge in [0.05, 0.1) is 43.5 Å². The summed E-state index contributed by atoms with van der Waals surface area (Å²) in [5, 5.41) is 8.49. The third-order valence-corrected chi connectivity index (χ3v) is 6.35. The topological polar surface area (TPSA) is 81.5 Å². The molecule has 0 aliphatic carbocycles. The van der Waals surface area contributed by atoms with Crippen LogP contribution in [0.3, 0.4) is 0 Å². The van der Waals surface area contributed by atoms with Crippen LogP contribution >= 0.6 is 0 Å². The highest BCUT2D eigenvalue weighted by atomic mass is 16.5. The molecule has 2 aromatic heterocycles. The van der Waals surface area contributed by atoms with Gasteiger partial charge in [0.15, 0.2) is 5.65 Å². The number of carbonyl (C=O) groups is 1. The van der Waals surface area contributed by atoms with Crippen molar-refractivity contribution in [2.45, 2.75) is 45.7 Å². The maximum atomic E-state index is 13.5. The van der Waals surface area contributed by atoms with E-state index in [1.54, 1.807) is 13.3 Å². The Kier molecular flexibility index (Phi) is 7.48. The number of amides is 1. The van der Waals surface area contributed by atoms with Gasteiger partial charge < -0.3 is 14.8 Å². The van der Waals surface area contributed by atoms with Crippen LogP contribution in [0.5, 0.6) is 5.75 Å². The van der Waals surface area contributed by atoms with Crippen LogP contribution < -0.4 is 10.1 Å². The third kappa shape index (κ3) is 5.08. The number of carbonyl (C=O) groups excluding carboxylic acids is 1. The van der Waals surface area contributed by atoms with Gasteiger partial charge in [0, 0.05) is 31.4 Å². The molecule has 4 rings (SSSR count). The molecule has 1 saturated heterocycles. The second-order valence-electron chi connectivity index (χ2n) is 9.32. The Morgan fingerprint density at radius 2 is 1.85 bits per heavy atom. The Hall–Kier alpha value is -2.97. The number of nitrogens with zero attached hydrogens (tertiary/aromatic N) is 4. The second kappa shape index (κ2) is 10.5. The monoisotopic (exact) mass is 465 g/mol. The zero-order valence-electron chi connectivity index (χ0n) is 20.7. The number of fused-ring (bicyclic) bond motifs is 1. The van der Waals surface area contributed by atoms with Crippen LogP contribution in [0.1, 0.15) is 67.3 Å². The summed E-state index contributed by atoms with van der Waals surface area (Å²) < 4.78 is 12.8. The van der Waals surface area contributed by atoms with E-state index in [-0.39, 0.29) is 23.9 Å². The zero-order valence-corrected chi connectivity index (χ0v) is 20.7. The molecule has 1 aliphatic heterocycles. The summed E-state index contributed by atoms with van der Waals surface area (Å²) in [6.45, 7) is 11.8. The summed E-state index contributed by atoms with van der Waals surface area (Å²) in [5.41, 5.74) is 3.40. The largest absolute Gasteiger partial charge is 0.497 e. The van der Waals surface area contributed by atoms with Crippen molar-refractivity contribution in [1.82, 2.24) is 25.0 Å². The van der Waals surface area contributed by atoms with Crippen LogP contribution in [0.15, 0.2) is 36.5 Å². The first-order valence-electron chi connectivity index (χ1n) is 12.0. The van der Waals surface area contributed by atoms with Crippen LogP contribution in [0.25, 0.3) is 11.0 Å². The van der Waals surface area contributed by atoms with E-state index in [0.29, 0.717) is 25.3 Å². The highest BCUT2D eigenvalue weighted by molar-refractivity contribution is 6.05. The van der Waals surface area contributed by atoms with Crippen molar-refractivity contribution >= 4 is 16.9 Å². The maximum absolute atomic E-state index is 13.5. The normalized spacial score (nSPS) is 15.7. The first-order chi connectivity index (χ1) is 16.4. The van der Waals surface area contributed by atoms with E-state index in [9.17, 15) is 4.79 Å². The zero-order chi connectivity index (χ0) is 24.2. The van der Waals surface area contributed by atoms with E-state index in [1.165, 1.54) is 0 Å². The van der Waals surface area contributed by atoms with E-state index >= 15 is 0 Å². The minimum absolute atomic E-state index is 0.0408. The lowest BCUT2D eigenvalue weighted by atomic mass is 10.0. The molecule has 3 aromatic rings. The fourth-order valence-corrected chi connectivity index (χ4v) is 4.36. The van der Waals surface area contributed by atoms with Gasteiger partial charge in [-0.3, -0.25) is 9.69 Å². The van der Waals surface area contributed by atoms with E-state index < -0.39 is 0 Å². The molecule has 0 spiro atoms. The van der Waals surface area contributed by atoms with Crippen LogP contribution in [0.4, 0.5) is 0 Å². The fraction of sp³-hybridized carbons (Fsp3) is 0.500. The molecule has 34 heavy (non-hydrogen) atoms. The Morgan fingerprint density at radius 3 is 2.47 bits per heavy atom. The molecule has 1 unspecified atom stereocenters. The van der Waals surface area contributed by atoms with Gasteiger partial charge in [0.2, 0.25) is 0 Å². The number of aromatic nitrogens is 3. The summed E-state index contributed by atoms with van der Waals surface area (Å²) in [7, 11) is 1.66. The average molecular weight is 466 g/mol. The van der Waals surface area contributed by atoms with Crippen molar-refractivity contribution in [3.63, 3.8) is 0 Å². The molecule has 1 N–H and O–H groups in total. The molecule has 0 saturated carbocycles. The Balaban J connectivity index is 1.62. The van der Waals surface area contributed by atoms with Crippen molar-refractivity contribution in [3.05, 3.63) is 53.3 Å². The molecule has 1 aliphatic rings. The number of hydrogen-bond acceptors (Lipinski definition) is 6. The van der Waals surface area contributed by atoms with E-state index in [2.05, 4.69) is 55.1 Å². The lowest BCUT2D eigenvalue weighted by molar-refractivity contribution is 0.0162. The minimum atomic E-state index is -0.107. The minimum Gasteiger partial charge on any atom is -0.497 e. The number of rotatable bonds is 8. The van der Waals surface area contributed by atoms with E-state index in [0.717, 1.165) is 41.1 Å². The first kappa shape index (κ1) is 24.2. The average Bonchev–Trinajstić information content (AvgIpc) is 3.29. The van der Waals surface area contributed by atoms with Gasteiger partial charge in [0.25, 0.3) is 5.91 Å². The summed E-state index contributed by atoms with van der Waals surface area (Å²) in [5.74, 6) is 0.910.